The molecule has 0 aliphatic carbocycles. The van der Waals surface area contributed by atoms with Crippen LogP contribution in [0.15, 0.2) is 30.3 Å². The van der Waals surface area contributed by atoms with E-state index in [1.54, 1.807) is 18.2 Å². The zero-order valence-electron chi connectivity index (χ0n) is 9.52. The van der Waals surface area contributed by atoms with Gasteiger partial charge in [-0.05, 0) is 5.56 Å². The molecule has 108 valence electrons. The Hall–Kier alpha value is -1.28. The second-order valence-corrected chi connectivity index (χ2v) is 3.94. The summed E-state index contributed by atoms with van der Waals surface area (Å²) in [5.74, 6) is 0. The third kappa shape index (κ3) is 3.60. The summed E-state index contributed by atoms with van der Waals surface area (Å²) in [6, 6.07) is 7.92. The van der Waals surface area contributed by atoms with E-state index in [0.717, 1.165) is 0 Å². The van der Waals surface area contributed by atoms with Gasteiger partial charge in [0.15, 0.2) is 0 Å². The van der Waals surface area contributed by atoms with E-state index in [4.69, 9.17) is 5.11 Å². The molecule has 0 fully saturated rings. The zero-order valence-corrected chi connectivity index (χ0v) is 9.52. The van der Waals surface area contributed by atoms with E-state index >= 15 is 0 Å². The lowest BCUT2D eigenvalue weighted by atomic mass is 10.0. The molecule has 19 heavy (non-hydrogen) atoms. The van der Waals surface area contributed by atoms with Crippen LogP contribution in [0.3, 0.4) is 0 Å². The first-order valence-electron chi connectivity index (χ1n) is 5.18. The maximum atomic E-state index is 12.3. The van der Waals surface area contributed by atoms with Crippen LogP contribution in [0.1, 0.15) is 5.56 Å². The molecule has 0 atom stereocenters. The highest BCUT2D eigenvalue weighted by atomic mass is 19.4. The van der Waals surface area contributed by atoms with Gasteiger partial charge in [-0.2, -0.15) is 26.3 Å². The summed E-state index contributed by atoms with van der Waals surface area (Å²) in [6.07, 6.45) is -11.6. The van der Waals surface area contributed by atoms with Gasteiger partial charge < -0.3 is 10.4 Å². The molecule has 0 saturated carbocycles. The van der Waals surface area contributed by atoms with Gasteiger partial charge in [0.2, 0.25) is 0 Å². The topological polar surface area (TPSA) is 32.3 Å². The Morgan fingerprint density at radius 2 is 1.37 bits per heavy atom. The molecule has 0 saturated heterocycles. The highest BCUT2D eigenvalue weighted by Crippen LogP contribution is 2.42. The maximum Gasteiger partial charge on any atom is 0.427 e. The van der Waals surface area contributed by atoms with Crippen molar-refractivity contribution in [3.63, 3.8) is 0 Å². The molecule has 8 heteroatoms. The quantitative estimate of drug-likeness (QED) is 0.834. The smallest absolute Gasteiger partial charge is 0.373 e. The second-order valence-electron chi connectivity index (χ2n) is 3.94. The van der Waals surface area contributed by atoms with Crippen LogP contribution >= 0.6 is 0 Å². The van der Waals surface area contributed by atoms with Crippen LogP contribution in [-0.2, 0) is 6.54 Å². The van der Waals surface area contributed by atoms with Crippen LogP contribution in [0.5, 0.6) is 0 Å². The van der Waals surface area contributed by atoms with Gasteiger partial charge >= 0.3 is 12.4 Å². The molecule has 0 spiro atoms. The Kier molecular flexibility index (Phi) is 4.46. The van der Waals surface area contributed by atoms with E-state index in [1.807, 2.05) is 5.32 Å². The Balaban J connectivity index is 2.71. The molecule has 0 unspecified atom stereocenters. The maximum absolute atomic E-state index is 12.3. The number of hydrogen-bond acceptors (Lipinski definition) is 2. The highest BCUT2D eigenvalue weighted by Gasteiger charge is 2.70. The van der Waals surface area contributed by atoms with Gasteiger partial charge in [-0.25, -0.2) is 0 Å². The average molecular weight is 287 g/mol. The fourth-order valence-corrected chi connectivity index (χ4v) is 1.34. The average Bonchev–Trinajstić information content (AvgIpc) is 2.27. The molecule has 1 rings (SSSR count). The lowest BCUT2D eigenvalue weighted by Crippen LogP contribution is -2.62. The zero-order chi connectivity index (χ0) is 14.7. The fourth-order valence-electron chi connectivity index (χ4n) is 1.34. The van der Waals surface area contributed by atoms with Gasteiger partial charge in [0, 0.05) is 13.1 Å². The number of aliphatic hydroxyl groups is 1. The van der Waals surface area contributed by atoms with Crippen molar-refractivity contribution in [2.75, 3.05) is 6.54 Å². The van der Waals surface area contributed by atoms with Crippen LogP contribution in [-0.4, -0.2) is 29.6 Å². The third-order valence-electron chi connectivity index (χ3n) is 2.49. The fraction of sp³-hybridized carbons (Fsp3) is 0.455. The predicted molar refractivity (Wildman–Crippen MR) is 55.2 cm³/mol. The van der Waals surface area contributed by atoms with Crippen molar-refractivity contribution in [2.45, 2.75) is 24.5 Å². The van der Waals surface area contributed by atoms with Crippen molar-refractivity contribution < 1.29 is 31.4 Å². The van der Waals surface area contributed by atoms with E-state index in [1.165, 1.54) is 12.1 Å². The highest BCUT2D eigenvalue weighted by molar-refractivity contribution is 5.14. The van der Waals surface area contributed by atoms with Gasteiger partial charge in [-0.15, -0.1) is 0 Å². The summed E-state index contributed by atoms with van der Waals surface area (Å²) in [5.41, 5.74) is -4.25. The Morgan fingerprint density at radius 1 is 0.895 bits per heavy atom. The molecule has 1 aromatic carbocycles. The molecule has 0 aliphatic rings. The summed E-state index contributed by atoms with van der Waals surface area (Å²) in [7, 11) is 0. The molecule has 2 N–H and O–H groups in total. The minimum Gasteiger partial charge on any atom is -0.373 e. The lowest BCUT2D eigenvalue weighted by Gasteiger charge is -2.32. The summed E-state index contributed by atoms with van der Waals surface area (Å²) < 4.78 is 73.9. The normalized spacial score (nSPS) is 13.6. The van der Waals surface area contributed by atoms with Crippen molar-refractivity contribution in [3.05, 3.63) is 35.9 Å². The lowest BCUT2D eigenvalue weighted by molar-refractivity contribution is -0.365. The largest absolute Gasteiger partial charge is 0.427 e. The van der Waals surface area contributed by atoms with E-state index in [-0.39, 0.29) is 6.54 Å². The summed E-state index contributed by atoms with van der Waals surface area (Å²) in [6.45, 7) is -1.87. The third-order valence-corrected chi connectivity index (χ3v) is 2.49. The van der Waals surface area contributed by atoms with E-state index in [9.17, 15) is 26.3 Å². The van der Waals surface area contributed by atoms with Gasteiger partial charge in [-0.3, -0.25) is 0 Å². The second kappa shape index (κ2) is 5.38. The summed E-state index contributed by atoms with van der Waals surface area (Å²) in [5, 5.41) is 10.8. The number of alkyl halides is 6. The molecule has 0 aromatic heterocycles. The van der Waals surface area contributed by atoms with E-state index < -0.39 is 24.5 Å². The Bertz CT molecular complexity index is 386. The SMILES string of the molecule is OC(CNCc1ccccc1)(C(F)(F)F)C(F)(F)F. The Morgan fingerprint density at radius 3 is 1.79 bits per heavy atom. The van der Waals surface area contributed by atoms with E-state index in [0.29, 0.717) is 5.56 Å². The van der Waals surface area contributed by atoms with Crippen LogP contribution in [0, 0.1) is 0 Å². The molecule has 0 radical (unpaired) electrons. The van der Waals surface area contributed by atoms with Crippen molar-refractivity contribution >= 4 is 0 Å². The van der Waals surface area contributed by atoms with Gasteiger partial charge in [-0.1, -0.05) is 30.3 Å². The number of hydrogen-bond donors (Lipinski definition) is 2. The molecule has 2 nitrogen and oxygen atoms in total. The van der Waals surface area contributed by atoms with E-state index in [2.05, 4.69) is 0 Å². The molecule has 0 amide bonds. The molecular weight excluding hydrogens is 276 g/mol. The standard InChI is InChI=1S/C11H11F6NO/c12-10(13,14)9(19,11(15,16)17)7-18-6-8-4-2-1-3-5-8/h1-5,18-19H,6-7H2. The first-order valence-corrected chi connectivity index (χ1v) is 5.18. The number of benzene rings is 1. The van der Waals surface area contributed by atoms with Gasteiger partial charge in [0.05, 0.1) is 0 Å². The molecule has 1 aromatic rings. The summed E-state index contributed by atoms with van der Waals surface area (Å²) >= 11 is 0. The number of halogens is 6. The first kappa shape index (κ1) is 15.8. The first-order chi connectivity index (χ1) is 8.58. The monoisotopic (exact) mass is 287 g/mol. The number of nitrogens with one attached hydrogen (secondary N) is 1. The van der Waals surface area contributed by atoms with Crippen LogP contribution in [0.25, 0.3) is 0 Å². The predicted octanol–water partition coefficient (Wildman–Crippen LogP) is 2.63. The van der Waals surface area contributed by atoms with Crippen molar-refractivity contribution in [2.24, 2.45) is 0 Å². The van der Waals surface area contributed by atoms with Crippen molar-refractivity contribution in [1.82, 2.24) is 5.32 Å². The van der Waals surface area contributed by atoms with Gasteiger partial charge in [0.25, 0.3) is 5.60 Å². The Labute approximate surface area is 105 Å². The van der Waals surface area contributed by atoms with Crippen LogP contribution < -0.4 is 5.32 Å². The summed E-state index contributed by atoms with van der Waals surface area (Å²) in [4.78, 5) is 0. The van der Waals surface area contributed by atoms with Crippen molar-refractivity contribution in [3.8, 4) is 0 Å². The number of rotatable bonds is 4. The van der Waals surface area contributed by atoms with Crippen LogP contribution in [0.4, 0.5) is 26.3 Å². The molecular formula is C11H11F6NO. The van der Waals surface area contributed by atoms with Gasteiger partial charge in [0.1, 0.15) is 0 Å². The van der Waals surface area contributed by atoms with Crippen molar-refractivity contribution in [1.29, 1.82) is 0 Å². The molecule has 0 heterocycles. The van der Waals surface area contributed by atoms with Crippen LogP contribution in [0.2, 0.25) is 0 Å². The molecule has 0 aliphatic heterocycles. The minimum absolute atomic E-state index is 0.213. The minimum atomic E-state index is -5.80. The molecule has 0 bridgehead atoms.